The Labute approximate surface area is 112 Å². The lowest BCUT2D eigenvalue weighted by molar-refractivity contribution is -0.383. The molecule has 2 unspecified atom stereocenters. The van der Waals surface area contributed by atoms with Crippen LogP contribution >= 0.6 is 0 Å². The van der Waals surface area contributed by atoms with Crippen LogP contribution in [-0.4, -0.2) is 37.3 Å². The molecule has 1 aromatic carbocycles. The van der Waals surface area contributed by atoms with Gasteiger partial charge in [-0.3, -0.25) is 15.1 Å². The van der Waals surface area contributed by atoms with Gasteiger partial charge in [-0.1, -0.05) is 0 Å². The van der Waals surface area contributed by atoms with Gasteiger partial charge in [-0.25, -0.2) is 4.79 Å². The fourth-order valence-electron chi connectivity index (χ4n) is 1.92. The third-order valence-corrected chi connectivity index (χ3v) is 2.90. The van der Waals surface area contributed by atoms with Gasteiger partial charge < -0.3 is 15.3 Å². The second kappa shape index (κ2) is 5.19. The maximum Gasteiger partial charge on any atom is 0.335 e. The molecular weight excluding hydrogens is 268 g/mol. The molecule has 104 valence electrons. The zero-order chi connectivity index (χ0) is 14.9. The summed E-state index contributed by atoms with van der Waals surface area (Å²) in [4.78, 5) is 24.8. The quantitative estimate of drug-likeness (QED) is 0.551. The number of hydrogen-bond donors (Lipinski definition) is 3. The lowest BCUT2D eigenvalue weighted by atomic mass is 9.97. The van der Waals surface area contributed by atoms with Gasteiger partial charge in [0.25, 0.3) is 5.69 Å². The number of aliphatic hydroxyl groups excluding tert-OH is 2. The molecule has 0 bridgehead atoms. The molecule has 0 saturated carbocycles. The molecule has 0 amide bonds. The van der Waals surface area contributed by atoms with E-state index in [1.807, 2.05) is 0 Å². The molecule has 1 aromatic heterocycles. The summed E-state index contributed by atoms with van der Waals surface area (Å²) in [6.07, 6.45) is -1.11. The minimum Gasteiger partial charge on any atom is -0.479 e. The van der Waals surface area contributed by atoms with Crippen molar-refractivity contribution in [1.82, 2.24) is 4.98 Å². The first-order valence-electron chi connectivity index (χ1n) is 5.53. The van der Waals surface area contributed by atoms with Crippen LogP contribution in [0.5, 0.6) is 0 Å². The third-order valence-electron chi connectivity index (χ3n) is 2.90. The number of pyridine rings is 1. The van der Waals surface area contributed by atoms with Crippen LogP contribution in [0.3, 0.4) is 0 Å². The third kappa shape index (κ3) is 2.29. The number of carbonyl (C=O) groups is 1. The summed E-state index contributed by atoms with van der Waals surface area (Å²) in [5, 5.41) is 39.3. The molecule has 1 heterocycles. The molecule has 0 radical (unpaired) electrons. The zero-order valence-corrected chi connectivity index (χ0v) is 10.0. The second-order valence-electron chi connectivity index (χ2n) is 4.08. The summed E-state index contributed by atoms with van der Waals surface area (Å²) in [5.41, 5.74) is -0.128. The number of benzene rings is 1. The zero-order valence-electron chi connectivity index (χ0n) is 10.0. The van der Waals surface area contributed by atoms with E-state index in [0.717, 1.165) is 6.07 Å². The van der Waals surface area contributed by atoms with Crippen molar-refractivity contribution in [3.8, 4) is 0 Å². The monoisotopic (exact) mass is 278 g/mol. The Bertz CT molecular complexity index is 687. The van der Waals surface area contributed by atoms with E-state index in [0.29, 0.717) is 0 Å². The number of non-ortho nitro benzene ring substituents is 1. The van der Waals surface area contributed by atoms with Crippen LogP contribution < -0.4 is 0 Å². The Morgan fingerprint density at radius 2 is 1.95 bits per heavy atom. The van der Waals surface area contributed by atoms with Gasteiger partial charge in [0.1, 0.15) is 6.10 Å². The lowest BCUT2D eigenvalue weighted by Crippen LogP contribution is -2.27. The van der Waals surface area contributed by atoms with Crippen molar-refractivity contribution >= 4 is 22.4 Å². The van der Waals surface area contributed by atoms with Crippen molar-refractivity contribution in [2.75, 3.05) is 0 Å². The van der Waals surface area contributed by atoms with Gasteiger partial charge in [-0.05, 0) is 23.1 Å². The summed E-state index contributed by atoms with van der Waals surface area (Å²) in [6.45, 7) is 0. The van der Waals surface area contributed by atoms with Crippen molar-refractivity contribution in [2.45, 2.75) is 12.2 Å². The molecule has 0 spiro atoms. The fourth-order valence-corrected chi connectivity index (χ4v) is 1.92. The molecule has 0 aliphatic heterocycles. The van der Waals surface area contributed by atoms with Crippen LogP contribution in [0.25, 0.3) is 10.8 Å². The minimum absolute atomic E-state index is 0.0860. The van der Waals surface area contributed by atoms with Crippen LogP contribution in [-0.2, 0) is 4.79 Å². The van der Waals surface area contributed by atoms with Crippen molar-refractivity contribution in [3.05, 3.63) is 46.3 Å². The van der Waals surface area contributed by atoms with Crippen LogP contribution in [0.2, 0.25) is 0 Å². The topological polar surface area (TPSA) is 134 Å². The molecular formula is C12H10N2O6. The van der Waals surface area contributed by atoms with E-state index in [9.17, 15) is 25.1 Å². The SMILES string of the molecule is O=C(O)C(O)C(O)c1ccc([N+](=O)[O-])c2cnccc12. The summed E-state index contributed by atoms with van der Waals surface area (Å²) in [6, 6.07) is 3.77. The Morgan fingerprint density at radius 3 is 2.55 bits per heavy atom. The van der Waals surface area contributed by atoms with E-state index in [1.54, 1.807) is 0 Å². The maximum atomic E-state index is 10.9. The number of rotatable bonds is 4. The number of nitro groups is 1. The number of aliphatic hydroxyl groups is 2. The Morgan fingerprint density at radius 1 is 1.25 bits per heavy atom. The number of carboxylic acid groups (broad SMARTS) is 1. The van der Waals surface area contributed by atoms with E-state index < -0.39 is 23.1 Å². The first kappa shape index (κ1) is 13.8. The van der Waals surface area contributed by atoms with Crippen molar-refractivity contribution in [1.29, 1.82) is 0 Å². The van der Waals surface area contributed by atoms with E-state index in [1.165, 1.54) is 24.5 Å². The largest absolute Gasteiger partial charge is 0.479 e. The van der Waals surface area contributed by atoms with Gasteiger partial charge in [0, 0.05) is 18.5 Å². The Kier molecular flexibility index (Phi) is 3.59. The highest BCUT2D eigenvalue weighted by atomic mass is 16.6. The number of aromatic nitrogens is 1. The Balaban J connectivity index is 2.65. The molecule has 2 aromatic rings. The maximum absolute atomic E-state index is 10.9. The average molecular weight is 278 g/mol. The molecule has 0 saturated heterocycles. The van der Waals surface area contributed by atoms with Crippen LogP contribution in [0.1, 0.15) is 11.7 Å². The summed E-state index contributed by atoms with van der Waals surface area (Å²) >= 11 is 0. The highest BCUT2D eigenvalue weighted by Crippen LogP contribution is 2.32. The molecule has 2 rings (SSSR count). The van der Waals surface area contributed by atoms with Crippen molar-refractivity contribution < 1.29 is 25.0 Å². The number of hydrogen-bond acceptors (Lipinski definition) is 6. The van der Waals surface area contributed by atoms with Gasteiger partial charge in [0.05, 0.1) is 10.3 Å². The minimum atomic E-state index is -2.02. The van der Waals surface area contributed by atoms with Gasteiger partial charge in [-0.2, -0.15) is 0 Å². The van der Waals surface area contributed by atoms with Gasteiger partial charge in [0.15, 0.2) is 6.10 Å². The highest BCUT2D eigenvalue weighted by molar-refractivity contribution is 5.93. The van der Waals surface area contributed by atoms with E-state index in [4.69, 9.17) is 5.11 Å². The fraction of sp³-hybridized carbons (Fsp3) is 0.167. The molecule has 3 N–H and O–H groups in total. The standard InChI is InChI=1S/C12H10N2O6/c15-10(11(16)12(17)18)7-1-2-9(14(19)20)8-5-13-4-3-6(7)8/h1-5,10-11,15-16H,(H,17,18). The van der Waals surface area contributed by atoms with Gasteiger partial charge in [0.2, 0.25) is 0 Å². The first-order valence-corrected chi connectivity index (χ1v) is 5.53. The number of carboxylic acids is 1. The number of aliphatic carboxylic acids is 1. The predicted molar refractivity (Wildman–Crippen MR) is 67.0 cm³/mol. The normalized spacial score (nSPS) is 13.9. The van der Waals surface area contributed by atoms with Gasteiger partial charge in [-0.15, -0.1) is 0 Å². The van der Waals surface area contributed by atoms with Crippen molar-refractivity contribution in [2.24, 2.45) is 0 Å². The Hall–Kier alpha value is -2.58. The van der Waals surface area contributed by atoms with Crippen LogP contribution in [0.15, 0.2) is 30.6 Å². The highest BCUT2D eigenvalue weighted by Gasteiger charge is 2.28. The second-order valence-corrected chi connectivity index (χ2v) is 4.08. The molecule has 0 fully saturated rings. The summed E-state index contributed by atoms with van der Waals surface area (Å²) in [5.74, 6) is -1.59. The molecule has 8 heteroatoms. The van der Waals surface area contributed by atoms with Crippen LogP contribution in [0.4, 0.5) is 5.69 Å². The molecule has 2 atom stereocenters. The number of fused-ring (bicyclic) bond motifs is 1. The average Bonchev–Trinajstić information content (AvgIpc) is 2.44. The van der Waals surface area contributed by atoms with E-state index in [2.05, 4.69) is 4.98 Å². The van der Waals surface area contributed by atoms with Gasteiger partial charge >= 0.3 is 5.97 Å². The van der Waals surface area contributed by atoms with E-state index >= 15 is 0 Å². The molecule has 20 heavy (non-hydrogen) atoms. The number of nitrogens with zero attached hydrogens (tertiary/aromatic N) is 2. The van der Waals surface area contributed by atoms with Crippen LogP contribution in [0, 0.1) is 10.1 Å². The van der Waals surface area contributed by atoms with E-state index in [-0.39, 0.29) is 22.0 Å². The lowest BCUT2D eigenvalue weighted by Gasteiger charge is -2.16. The molecule has 0 aliphatic carbocycles. The first-order chi connectivity index (χ1) is 9.43. The molecule has 8 nitrogen and oxygen atoms in total. The predicted octanol–water partition coefficient (Wildman–Crippen LogP) is 0.622. The smallest absolute Gasteiger partial charge is 0.335 e. The van der Waals surface area contributed by atoms with Crippen molar-refractivity contribution in [3.63, 3.8) is 0 Å². The summed E-state index contributed by atoms with van der Waals surface area (Å²) < 4.78 is 0. The summed E-state index contributed by atoms with van der Waals surface area (Å²) in [7, 11) is 0. The molecule has 0 aliphatic rings. The number of nitro benzene ring substituents is 1.